The molecule has 2 heterocycles. The summed E-state index contributed by atoms with van der Waals surface area (Å²) in [5.41, 5.74) is 0. The molecule has 0 aromatic carbocycles. The largest absolute Gasteiger partial charge is 0.452 e. The Labute approximate surface area is 141 Å². The molecule has 116 valence electrons. The topological polar surface area (TPSA) is 62.6 Å². The van der Waals surface area contributed by atoms with Gasteiger partial charge in [-0.3, -0.25) is 0 Å². The van der Waals surface area contributed by atoms with Crippen molar-refractivity contribution in [2.75, 3.05) is 14.1 Å². The zero-order valence-electron chi connectivity index (χ0n) is 11.4. The Morgan fingerprint density at radius 1 is 1.48 bits per heavy atom. The summed E-state index contributed by atoms with van der Waals surface area (Å²) in [5, 5.41) is 2.91. The molecule has 0 atom stereocenters. The Balaban J connectivity index is 2.24. The predicted octanol–water partition coefficient (Wildman–Crippen LogP) is 3.30. The van der Waals surface area contributed by atoms with Gasteiger partial charge in [0.05, 0.1) is 10.9 Å². The van der Waals surface area contributed by atoms with Gasteiger partial charge in [0.2, 0.25) is 10.0 Å². The molecule has 9 heteroatoms. The molecular weight excluding hydrogens is 400 g/mol. The van der Waals surface area contributed by atoms with E-state index in [1.165, 1.54) is 28.8 Å². The number of nitrogens with zero attached hydrogens (tertiary/aromatic N) is 1. The highest BCUT2D eigenvalue weighted by molar-refractivity contribution is 9.10. The highest BCUT2D eigenvalue weighted by Gasteiger charge is 2.27. The van der Waals surface area contributed by atoms with E-state index in [1.54, 1.807) is 13.1 Å². The second-order valence-corrected chi connectivity index (χ2v) is 8.88. The third kappa shape index (κ3) is 3.88. The Morgan fingerprint density at radius 2 is 2.19 bits per heavy atom. The van der Waals surface area contributed by atoms with E-state index in [0.717, 1.165) is 4.88 Å². The first-order chi connectivity index (χ1) is 9.84. The highest BCUT2D eigenvalue weighted by atomic mass is 79.9. The van der Waals surface area contributed by atoms with Crippen LogP contribution in [0.5, 0.6) is 0 Å². The quantitative estimate of drug-likeness (QED) is 0.789. The lowest BCUT2D eigenvalue weighted by Gasteiger charge is -2.15. The van der Waals surface area contributed by atoms with Crippen LogP contribution >= 0.6 is 38.9 Å². The number of hydrogen-bond donors (Lipinski definition) is 1. The molecule has 0 aliphatic carbocycles. The van der Waals surface area contributed by atoms with Crippen LogP contribution in [0.3, 0.4) is 0 Å². The average Bonchev–Trinajstić information content (AvgIpc) is 2.96. The van der Waals surface area contributed by atoms with Gasteiger partial charge in [-0.1, -0.05) is 11.6 Å². The van der Waals surface area contributed by atoms with Gasteiger partial charge in [-0.25, -0.2) is 8.42 Å². The SMILES string of the molecule is CNCc1cc(S(=O)(=O)N(C)Cc2ccc(Cl)s2)c(Br)o1. The predicted molar refractivity (Wildman–Crippen MR) is 87.2 cm³/mol. The molecule has 2 aromatic rings. The van der Waals surface area contributed by atoms with E-state index in [1.807, 2.05) is 6.07 Å². The molecule has 0 radical (unpaired) electrons. The monoisotopic (exact) mass is 412 g/mol. The second kappa shape index (κ2) is 6.80. The first kappa shape index (κ1) is 17.0. The van der Waals surface area contributed by atoms with E-state index in [-0.39, 0.29) is 16.1 Å². The summed E-state index contributed by atoms with van der Waals surface area (Å²) in [4.78, 5) is 0.999. The molecule has 0 saturated carbocycles. The van der Waals surface area contributed by atoms with Gasteiger partial charge >= 0.3 is 0 Å². The smallest absolute Gasteiger partial charge is 0.247 e. The van der Waals surface area contributed by atoms with Crippen LogP contribution in [0.2, 0.25) is 4.34 Å². The van der Waals surface area contributed by atoms with Crippen molar-refractivity contribution in [1.29, 1.82) is 0 Å². The van der Waals surface area contributed by atoms with Crippen LogP contribution < -0.4 is 5.32 Å². The summed E-state index contributed by atoms with van der Waals surface area (Å²) >= 11 is 10.4. The molecule has 0 fully saturated rings. The lowest BCUT2D eigenvalue weighted by atomic mass is 10.4. The maximum absolute atomic E-state index is 12.6. The summed E-state index contributed by atoms with van der Waals surface area (Å²) in [5.74, 6) is 0.551. The molecule has 0 saturated heterocycles. The molecule has 21 heavy (non-hydrogen) atoms. The molecule has 0 aliphatic heterocycles. The summed E-state index contributed by atoms with van der Waals surface area (Å²) < 4.78 is 32.6. The molecule has 0 amide bonds. The molecule has 0 unspecified atom stereocenters. The van der Waals surface area contributed by atoms with E-state index in [4.69, 9.17) is 16.0 Å². The minimum atomic E-state index is -3.63. The minimum Gasteiger partial charge on any atom is -0.452 e. The van der Waals surface area contributed by atoms with Gasteiger partial charge in [0.15, 0.2) is 4.67 Å². The van der Waals surface area contributed by atoms with Gasteiger partial charge in [-0.2, -0.15) is 4.31 Å². The number of thiophene rings is 1. The lowest BCUT2D eigenvalue weighted by Crippen LogP contribution is -2.26. The number of hydrogen-bond acceptors (Lipinski definition) is 5. The Morgan fingerprint density at radius 3 is 2.76 bits per heavy atom. The van der Waals surface area contributed by atoms with E-state index >= 15 is 0 Å². The van der Waals surface area contributed by atoms with Crippen LogP contribution in [0.15, 0.2) is 32.2 Å². The summed E-state index contributed by atoms with van der Waals surface area (Å²) in [6.45, 7) is 0.719. The van der Waals surface area contributed by atoms with Gasteiger partial charge in [-0.15, -0.1) is 11.3 Å². The Kier molecular flexibility index (Phi) is 5.50. The van der Waals surface area contributed by atoms with Crippen molar-refractivity contribution in [1.82, 2.24) is 9.62 Å². The van der Waals surface area contributed by atoms with Crippen LogP contribution in [0.4, 0.5) is 0 Å². The molecule has 0 bridgehead atoms. The summed E-state index contributed by atoms with van der Waals surface area (Å²) in [6, 6.07) is 5.09. The summed E-state index contributed by atoms with van der Waals surface area (Å²) in [6.07, 6.45) is 0. The van der Waals surface area contributed by atoms with Crippen LogP contribution in [-0.2, 0) is 23.1 Å². The van der Waals surface area contributed by atoms with Crippen molar-refractivity contribution in [2.45, 2.75) is 18.0 Å². The van der Waals surface area contributed by atoms with Gasteiger partial charge in [0.1, 0.15) is 10.7 Å². The Hall–Kier alpha value is -0.380. The first-order valence-electron chi connectivity index (χ1n) is 5.98. The van der Waals surface area contributed by atoms with E-state index in [2.05, 4.69) is 21.2 Å². The molecule has 0 aliphatic rings. The zero-order valence-corrected chi connectivity index (χ0v) is 15.4. The van der Waals surface area contributed by atoms with Gasteiger partial charge < -0.3 is 9.73 Å². The molecule has 5 nitrogen and oxygen atoms in total. The van der Waals surface area contributed by atoms with Crippen molar-refractivity contribution in [2.24, 2.45) is 0 Å². The molecule has 2 aromatic heterocycles. The third-order valence-electron chi connectivity index (χ3n) is 2.75. The van der Waals surface area contributed by atoms with Crippen molar-refractivity contribution in [3.63, 3.8) is 0 Å². The zero-order chi connectivity index (χ0) is 15.6. The first-order valence-corrected chi connectivity index (χ1v) is 9.40. The fourth-order valence-corrected chi connectivity index (χ4v) is 5.07. The van der Waals surface area contributed by atoms with E-state index < -0.39 is 10.0 Å². The Bertz CT molecular complexity index is 727. The third-order valence-corrected chi connectivity index (χ3v) is 6.63. The number of rotatable bonds is 6. The van der Waals surface area contributed by atoms with Crippen LogP contribution in [0.1, 0.15) is 10.6 Å². The molecule has 0 spiro atoms. The number of nitrogens with one attached hydrogen (secondary N) is 1. The maximum Gasteiger partial charge on any atom is 0.247 e. The fraction of sp³-hybridized carbons (Fsp3) is 0.333. The minimum absolute atomic E-state index is 0.123. The molecule has 1 N–H and O–H groups in total. The van der Waals surface area contributed by atoms with Crippen molar-refractivity contribution >= 4 is 48.9 Å². The standard InChI is InChI=1S/C12H14BrClN2O3S2/c1-15-6-8-5-10(12(13)19-8)21(17,18)16(2)7-9-3-4-11(14)20-9/h3-5,15H,6-7H2,1-2H3. The van der Waals surface area contributed by atoms with Gasteiger partial charge in [0, 0.05) is 24.5 Å². The summed E-state index contributed by atoms with van der Waals surface area (Å²) in [7, 11) is -0.338. The second-order valence-electron chi connectivity index (χ2n) is 4.35. The van der Waals surface area contributed by atoms with Gasteiger partial charge in [-0.05, 0) is 35.1 Å². The molecule has 2 rings (SSSR count). The van der Waals surface area contributed by atoms with Crippen LogP contribution in [0, 0.1) is 0 Å². The van der Waals surface area contributed by atoms with Crippen molar-refractivity contribution in [3.8, 4) is 0 Å². The lowest BCUT2D eigenvalue weighted by molar-refractivity contribution is 0.456. The van der Waals surface area contributed by atoms with E-state index in [9.17, 15) is 8.42 Å². The normalized spacial score (nSPS) is 12.2. The number of sulfonamides is 1. The highest BCUT2D eigenvalue weighted by Crippen LogP contribution is 2.30. The van der Waals surface area contributed by atoms with Gasteiger partial charge in [0.25, 0.3) is 0 Å². The number of halogens is 2. The number of furan rings is 1. The van der Waals surface area contributed by atoms with Crippen molar-refractivity contribution < 1.29 is 12.8 Å². The maximum atomic E-state index is 12.6. The molecular formula is C12H14BrClN2O3S2. The van der Waals surface area contributed by atoms with Crippen molar-refractivity contribution in [3.05, 3.63) is 37.8 Å². The van der Waals surface area contributed by atoms with Crippen LogP contribution in [-0.4, -0.2) is 26.8 Å². The van der Waals surface area contributed by atoms with Crippen LogP contribution in [0.25, 0.3) is 0 Å². The average molecular weight is 414 g/mol. The fourth-order valence-electron chi connectivity index (χ4n) is 1.74. The van der Waals surface area contributed by atoms with E-state index in [0.29, 0.717) is 16.6 Å².